The number of allylic oxidation sites excluding steroid dienone is 2. The largest absolute Gasteiger partial charge is 0.329 e. The molecule has 1 aliphatic rings. The first-order valence-electron chi connectivity index (χ1n) is 8.13. The molecule has 0 amide bonds. The summed E-state index contributed by atoms with van der Waals surface area (Å²) < 4.78 is 0. The van der Waals surface area contributed by atoms with Gasteiger partial charge in [-0.05, 0) is 31.0 Å². The predicted molar refractivity (Wildman–Crippen MR) is 99.1 cm³/mol. The average molecular weight is 291 g/mol. The monoisotopic (exact) mass is 291 g/mol. The topological polar surface area (TPSA) is 3.24 Å². The Labute approximate surface area is 135 Å². The van der Waals surface area contributed by atoms with Gasteiger partial charge in [-0.1, -0.05) is 60.7 Å². The van der Waals surface area contributed by atoms with Crippen molar-refractivity contribution >= 4 is 6.85 Å². The van der Waals surface area contributed by atoms with Crippen molar-refractivity contribution in [3.63, 3.8) is 0 Å². The van der Waals surface area contributed by atoms with Crippen LogP contribution in [0.4, 0.5) is 0 Å². The summed E-state index contributed by atoms with van der Waals surface area (Å²) in [5.41, 5.74) is 1.35. The van der Waals surface area contributed by atoms with E-state index in [2.05, 4.69) is 67.0 Å². The third-order valence-electron chi connectivity index (χ3n) is 4.35. The molecule has 22 heavy (non-hydrogen) atoms. The van der Waals surface area contributed by atoms with Crippen LogP contribution >= 0.6 is 0 Å². The van der Waals surface area contributed by atoms with E-state index >= 15 is 0 Å². The number of rotatable bonds is 8. The highest BCUT2D eigenvalue weighted by atomic mass is 15.1. The first-order chi connectivity index (χ1) is 10.8. The van der Waals surface area contributed by atoms with Gasteiger partial charge in [0.25, 0.3) is 0 Å². The van der Waals surface area contributed by atoms with Crippen molar-refractivity contribution in [2.24, 2.45) is 0 Å². The number of hydrogen-bond donors (Lipinski definition) is 0. The smallest absolute Gasteiger partial charge is 0.231 e. The minimum atomic E-state index is 0.324. The second-order valence-corrected chi connectivity index (χ2v) is 5.85. The lowest BCUT2D eigenvalue weighted by molar-refractivity contribution is 0.268. The highest BCUT2D eigenvalue weighted by Gasteiger charge is 2.34. The fourth-order valence-corrected chi connectivity index (χ4v) is 3.41. The molecule has 2 heteroatoms. The Bertz CT molecular complexity index is 510. The van der Waals surface area contributed by atoms with E-state index in [1.807, 2.05) is 18.2 Å². The van der Waals surface area contributed by atoms with Crippen molar-refractivity contribution in [1.82, 2.24) is 4.81 Å². The van der Waals surface area contributed by atoms with Gasteiger partial charge >= 0.3 is 0 Å². The molecule has 1 aromatic rings. The summed E-state index contributed by atoms with van der Waals surface area (Å²) in [6.07, 6.45) is 14.8. The van der Waals surface area contributed by atoms with Crippen LogP contribution in [0, 0.1) is 0 Å². The van der Waals surface area contributed by atoms with Crippen LogP contribution in [0.3, 0.4) is 0 Å². The lowest BCUT2D eigenvalue weighted by Crippen LogP contribution is -2.48. The van der Waals surface area contributed by atoms with Gasteiger partial charge in [0.15, 0.2) is 0 Å². The summed E-state index contributed by atoms with van der Waals surface area (Å²) in [5.74, 6) is 0. The van der Waals surface area contributed by atoms with Crippen LogP contribution in [0.15, 0.2) is 80.4 Å². The normalized spacial score (nSPS) is 21.3. The van der Waals surface area contributed by atoms with Gasteiger partial charge in [0.2, 0.25) is 6.85 Å². The summed E-state index contributed by atoms with van der Waals surface area (Å²) >= 11 is 0. The molecule has 114 valence electrons. The SMILES string of the molecule is C=CCB(CC=C)N1[C@@H](CC=C)CC=C[C@H]1c1ccccc1. The van der Waals surface area contributed by atoms with Crippen LogP contribution in [0.25, 0.3) is 0 Å². The third-order valence-corrected chi connectivity index (χ3v) is 4.35. The molecule has 1 aliphatic heterocycles. The minimum absolute atomic E-state index is 0.324. The summed E-state index contributed by atoms with van der Waals surface area (Å²) in [4.78, 5) is 2.64. The summed E-state index contributed by atoms with van der Waals surface area (Å²) in [7, 11) is 0. The van der Waals surface area contributed by atoms with Crippen LogP contribution in [0.2, 0.25) is 12.6 Å². The predicted octanol–water partition coefficient (Wildman–Crippen LogP) is 5.30. The zero-order valence-corrected chi connectivity index (χ0v) is 13.4. The first kappa shape index (κ1) is 16.6. The van der Waals surface area contributed by atoms with Gasteiger partial charge in [0.05, 0.1) is 0 Å². The van der Waals surface area contributed by atoms with E-state index in [-0.39, 0.29) is 0 Å². The Hall–Kier alpha value is -1.80. The average Bonchev–Trinajstić information content (AvgIpc) is 2.56. The van der Waals surface area contributed by atoms with E-state index in [0.717, 1.165) is 25.5 Å². The molecule has 0 unspecified atom stereocenters. The molecule has 0 bridgehead atoms. The quantitative estimate of drug-likeness (QED) is 0.464. The molecule has 0 radical (unpaired) electrons. The van der Waals surface area contributed by atoms with Gasteiger partial charge in [0.1, 0.15) is 0 Å². The molecule has 0 saturated heterocycles. The van der Waals surface area contributed by atoms with E-state index in [9.17, 15) is 0 Å². The first-order valence-corrected chi connectivity index (χ1v) is 8.13. The van der Waals surface area contributed by atoms with Crippen LogP contribution < -0.4 is 0 Å². The van der Waals surface area contributed by atoms with Gasteiger partial charge in [-0.3, -0.25) is 0 Å². The van der Waals surface area contributed by atoms with E-state index in [4.69, 9.17) is 0 Å². The molecular formula is C20H26BN. The Morgan fingerprint density at radius 2 is 1.73 bits per heavy atom. The Morgan fingerprint density at radius 3 is 2.32 bits per heavy atom. The Morgan fingerprint density at radius 1 is 1.05 bits per heavy atom. The minimum Gasteiger partial charge on any atom is -0.329 e. The highest BCUT2D eigenvalue weighted by molar-refractivity contribution is 6.57. The molecule has 0 aromatic heterocycles. The van der Waals surface area contributed by atoms with Crippen LogP contribution in [0.1, 0.15) is 24.4 Å². The zero-order chi connectivity index (χ0) is 15.8. The number of nitrogens with zero attached hydrogens (tertiary/aromatic N) is 1. The van der Waals surface area contributed by atoms with Crippen molar-refractivity contribution in [3.05, 3.63) is 86.0 Å². The molecule has 0 N–H and O–H groups in total. The fraction of sp³-hybridized carbons (Fsp3) is 0.300. The highest BCUT2D eigenvalue weighted by Crippen LogP contribution is 2.34. The van der Waals surface area contributed by atoms with Gasteiger partial charge in [0, 0.05) is 12.1 Å². The van der Waals surface area contributed by atoms with Gasteiger partial charge in [-0.25, -0.2) is 0 Å². The summed E-state index contributed by atoms with van der Waals surface area (Å²) in [6.45, 7) is 12.3. The maximum atomic E-state index is 3.95. The number of hydrogen-bond acceptors (Lipinski definition) is 1. The zero-order valence-electron chi connectivity index (χ0n) is 13.4. The number of benzene rings is 1. The molecule has 2 rings (SSSR count). The molecule has 0 aliphatic carbocycles. The molecule has 1 heterocycles. The second-order valence-electron chi connectivity index (χ2n) is 5.85. The lowest BCUT2D eigenvalue weighted by atomic mass is 9.52. The maximum Gasteiger partial charge on any atom is 0.231 e. The Kier molecular flexibility index (Phi) is 6.48. The van der Waals surface area contributed by atoms with Crippen molar-refractivity contribution < 1.29 is 0 Å². The van der Waals surface area contributed by atoms with Crippen molar-refractivity contribution in [1.29, 1.82) is 0 Å². The maximum absolute atomic E-state index is 3.95. The van der Waals surface area contributed by atoms with Crippen LogP contribution in [-0.4, -0.2) is 17.7 Å². The second kappa shape index (κ2) is 8.60. The summed E-state index contributed by atoms with van der Waals surface area (Å²) in [6, 6.07) is 11.6. The van der Waals surface area contributed by atoms with Gasteiger partial charge in [-0.2, -0.15) is 0 Å². The van der Waals surface area contributed by atoms with E-state index in [1.54, 1.807) is 0 Å². The fourth-order valence-electron chi connectivity index (χ4n) is 3.41. The molecule has 1 aromatic carbocycles. The van der Waals surface area contributed by atoms with Crippen LogP contribution in [-0.2, 0) is 0 Å². The van der Waals surface area contributed by atoms with Crippen molar-refractivity contribution in [3.8, 4) is 0 Å². The van der Waals surface area contributed by atoms with Gasteiger partial charge in [-0.15, -0.1) is 19.7 Å². The molecular weight excluding hydrogens is 265 g/mol. The summed E-state index contributed by atoms with van der Waals surface area (Å²) in [5, 5.41) is 0. The van der Waals surface area contributed by atoms with Gasteiger partial charge < -0.3 is 4.81 Å². The molecule has 0 spiro atoms. The van der Waals surface area contributed by atoms with Crippen molar-refractivity contribution in [2.45, 2.75) is 37.6 Å². The third kappa shape index (κ3) is 3.89. The van der Waals surface area contributed by atoms with E-state index in [0.29, 0.717) is 18.9 Å². The molecule has 0 saturated carbocycles. The lowest BCUT2D eigenvalue weighted by Gasteiger charge is -2.43. The standard InChI is InChI=1S/C20H26BN/c1-4-11-19-14-10-15-20(18-12-8-7-9-13-18)22(19)21(16-5-2)17-6-3/h4-10,12-13,15,19-20H,1-3,11,14,16-17H2/t19-,20-/m0/s1. The molecule has 2 atom stereocenters. The van der Waals surface area contributed by atoms with E-state index < -0.39 is 0 Å². The van der Waals surface area contributed by atoms with Crippen molar-refractivity contribution in [2.75, 3.05) is 0 Å². The molecule has 0 fully saturated rings. The van der Waals surface area contributed by atoms with E-state index in [1.165, 1.54) is 5.56 Å². The molecule has 1 nitrogen and oxygen atoms in total. The van der Waals surface area contributed by atoms with Crippen LogP contribution in [0.5, 0.6) is 0 Å². The Balaban J connectivity index is 2.37.